The number of hydrogen-bond acceptors (Lipinski definition) is 4. The molecule has 7 heteroatoms. The number of azide groups is 1. The van der Waals surface area contributed by atoms with E-state index in [-0.39, 0.29) is 13.3 Å². The molecule has 0 aromatic carbocycles. The number of hydrogen-bond donors (Lipinski definition) is 1. The van der Waals surface area contributed by atoms with Gasteiger partial charge < -0.3 is 14.8 Å². The standard InChI is InChI=1S/C6H12N4O3/c1-2-12-3-4-13-6(11)8-5-9-10-7/h2-5H2,1H3,(H,8,11). The summed E-state index contributed by atoms with van der Waals surface area (Å²) in [5.74, 6) is 0. The van der Waals surface area contributed by atoms with E-state index < -0.39 is 6.09 Å². The molecule has 1 amide bonds. The molecule has 7 nitrogen and oxygen atoms in total. The van der Waals surface area contributed by atoms with Crippen LogP contribution in [0.4, 0.5) is 4.79 Å². The molecular weight excluding hydrogens is 176 g/mol. The zero-order valence-corrected chi connectivity index (χ0v) is 7.39. The average Bonchev–Trinajstić information content (AvgIpc) is 2.13. The summed E-state index contributed by atoms with van der Waals surface area (Å²) >= 11 is 0. The van der Waals surface area contributed by atoms with Crippen molar-refractivity contribution in [2.75, 3.05) is 26.5 Å². The Hall–Kier alpha value is -1.46. The number of nitrogens with one attached hydrogen (secondary N) is 1. The Balaban J connectivity index is 3.25. The van der Waals surface area contributed by atoms with E-state index in [0.29, 0.717) is 13.2 Å². The molecule has 74 valence electrons. The minimum atomic E-state index is -0.618. The molecule has 0 saturated heterocycles. The van der Waals surface area contributed by atoms with Gasteiger partial charge in [-0.1, -0.05) is 5.11 Å². The van der Waals surface area contributed by atoms with Crippen molar-refractivity contribution < 1.29 is 14.3 Å². The molecule has 1 N–H and O–H groups in total. The lowest BCUT2D eigenvalue weighted by molar-refractivity contribution is 0.0790. The van der Waals surface area contributed by atoms with Crippen LogP contribution in [0.3, 0.4) is 0 Å². The highest BCUT2D eigenvalue weighted by atomic mass is 16.6. The summed E-state index contributed by atoms with van der Waals surface area (Å²) in [7, 11) is 0. The van der Waals surface area contributed by atoms with Gasteiger partial charge in [0, 0.05) is 11.5 Å². The molecule has 0 aliphatic rings. The zero-order valence-electron chi connectivity index (χ0n) is 7.39. The van der Waals surface area contributed by atoms with Crippen LogP contribution < -0.4 is 5.32 Å². The first kappa shape index (κ1) is 11.5. The van der Waals surface area contributed by atoms with Gasteiger partial charge in [-0.15, -0.1) is 0 Å². The molecule has 0 atom stereocenters. The summed E-state index contributed by atoms with van der Waals surface area (Å²) in [6.07, 6.45) is -0.618. The van der Waals surface area contributed by atoms with Crippen LogP contribution >= 0.6 is 0 Å². The third kappa shape index (κ3) is 8.45. The minimum Gasteiger partial charge on any atom is -0.447 e. The maximum atomic E-state index is 10.7. The van der Waals surface area contributed by atoms with E-state index in [9.17, 15) is 4.79 Å². The largest absolute Gasteiger partial charge is 0.447 e. The third-order valence-electron chi connectivity index (χ3n) is 1.02. The highest BCUT2D eigenvalue weighted by Crippen LogP contribution is 1.80. The van der Waals surface area contributed by atoms with Crippen molar-refractivity contribution in [2.24, 2.45) is 5.11 Å². The van der Waals surface area contributed by atoms with E-state index in [1.165, 1.54) is 0 Å². The van der Waals surface area contributed by atoms with Crippen LogP contribution in [0.15, 0.2) is 5.11 Å². The summed E-state index contributed by atoms with van der Waals surface area (Å²) in [6, 6.07) is 0. The zero-order chi connectivity index (χ0) is 9.94. The molecule has 0 bridgehead atoms. The van der Waals surface area contributed by atoms with Crippen LogP contribution in [0.25, 0.3) is 10.4 Å². The monoisotopic (exact) mass is 188 g/mol. The van der Waals surface area contributed by atoms with Crippen LogP contribution in [0.1, 0.15) is 6.92 Å². The first-order chi connectivity index (χ1) is 6.31. The van der Waals surface area contributed by atoms with Crippen LogP contribution in [-0.4, -0.2) is 32.6 Å². The summed E-state index contributed by atoms with van der Waals surface area (Å²) in [5.41, 5.74) is 7.87. The Morgan fingerprint density at radius 1 is 1.62 bits per heavy atom. The van der Waals surface area contributed by atoms with Gasteiger partial charge in [0.15, 0.2) is 0 Å². The van der Waals surface area contributed by atoms with Crippen LogP contribution in [-0.2, 0) is 9.47 Å². The van der Waals surface area contributed by atoms with Gasteiger partial charge in [-0.2, -0.15) is 0 Å². The smallest absolute Gasteiger partial charge is 0.407 e. The normalized spacial score (nSPS) is 8.69. The average molecular weight is 188 g/mol. The van der Waals surface area contributed by atoms with Gasteiger partial charge in [-0.3, -0.25) is 0 Å². The highest BCUT2D eigenvalue weighted by Gasteiger charge is 1.98. The molecule has 0 radical (unpaired) electrons. The predicted molar refractivity (Wildman–Crippen MR) is 45.0 cm³/mol. The van der Waals surface area contributed by atoms with Gasteiger partial charge in [0.1, 0.15) is 6.61 Å². The van der Waals surface area contributed by atoms with E-state index >= 15 is 0 Å². The van der Waals surface area contributed by atoms with Gasteiger partial charge in [-0.25, -0.2) is 4.79 Å². The molecule has 0 spiro atoms. The fourth-order valence-corrected chi connectivity index (χ4v) is 0.520. The molecule has 0 saturated carbocycles. The molecule has 13 heavy (non-hydrogen) atoms. The number of rotatable bonds is 6. The maximum Gasteiger partial charge on any atom is 0.407 e. The van der Waals surface area contributed by atoms with E-state index in [2.05, 4.69) is 20.1 Å². The molecule has 0 aromatic rings. The Kier molecular flexibility index (Phi) is 7.67. The number of carbonyl (C=O) groups is 1. The lowest BCUT2D eigenvalue weighted by Gasteiger charge is -2.04. The van der Waals surface area contributed by atoms with E-state index in [1.54, 1.807) is 0 Å². The summed E-state index contributed by atoms with van der Waals surface area (Å²) < 4.78 is 9.55. The lowest BCUT2D eigenvalue weighted by atomic mass is 10.7. The minimum absolute atomic E-state index is 0.107. The predicted octanol–water partition coefficient (Wildman–Crippen LogP) is 1.02. The maximum absolute atomic E-state index is 10.7. The van der Waals surface area contributed by atoms with Crippen molar-refractivity contribution >= 4 is 6.09 Å². The SMILES string of the molecule is CCOCCOC(=O)NCN=[N+]=[N-]. The Labute approximate surface area is 75.6 Å². The van der Waals surface area contributed by atoms with E-state index in [1.807, 2.05) is 6.92 Å². The van der Waals surface area contributed by atoms with Crippen molar-refractivity contribution in [1.29, 1.82) is 0 Å². The lowest BCUT2D eigenvalue weighted by Crippen LogP contribution is -2.25. The Morgan fingerprint density at radius 2 is 2.38 bits per heavy atom. The van der Waals surface area contributed by atoms with Crippen molar-refractivity contribution in [2.45, 2.75) is 6.92 Å². The number of ether oxygens (including phenoxy) is 2. The number of alkyl carbamates (subject to hydrolysis) is 1. The molecule has 0 fully saturated rings. The summed E-state index contributed by atoms with van der Waals surface area (Å²) in [6.45, 7) is 2.89. The first-order valence-corrected chi connectivity index (χ1v) is 3.80. The van der Waals surface area contributed by atoms with Crippen LogP contribution in [0, 0.1) is 0 Å². The Bertz CT molecular complexity index is 190. The van der Waals surface area contributed by atoms with E-state index in [4.69, 9.17) is 10.3 Å². The fourth-order valence-electron chi connectivity index (χ4n) is 0.520. The molecular formula is C6H12N4O3. The topological polar surface area (TPSA) is 96.3 Å². The second kappa shape index (κ2) is 8.63. The van der Waals surface area contributed by atoms with Crippen LogP contribution in [0.2, 0.25) is 0 Å². The van der Waals surface area contributed by atoms with Gasteiger partial charge in [0.2, 0.25) is 0 Å². The number of amides is 1. The van der Waals surface area contributed by atoms with Gasteiger partial charge in [-0.05, 0) is 12.5 Å². The summed E-state index contributed by atoms with van der Waals surface area (Å²) in [5, 5.41) is 5.32. The van der Waals surface area contributed by atoms with Gasteiger partial charge in [0.05, 0.1) is 13.3 Å². The van der Waals surface area contributed by atoms with Gasteiger partial charge in [0.25, 0.3) is 0 Å². The first-order valence-electron chi connectivity index (χ1n) is 3.80. The fraction of sp³-hybridized carbons (Fsp3) is 0.833. The second-order valence-electron chi connectivity index (χ2n) is 1.90. The Morgan fingerprint density at radius 3 is 3.00 bits per heavy atom. The molecule has 0 aliphatic heterocycles. The number of nitrogens with zero attached hydrogens (tertiary/aromatic N) is 3. The highest BCUT2D eigenvalue weighted by molar-refractivity contribution is 5.66. The third-order valence-corrected chi connectivity index (χ3v) is 1.02. The van der Waals surface area contributed by atoms with E-state index in [0.717, 1.165) is 0 Å². The molecule has 0 heterocycles. The summed E-state index contributed by atoms with van der Waals surface area (Å²) in [4.78, 5) is 13.2. The molecule has 0 aliphatic carbocycles. The molecule has 0 unspecified atom stereocenters. The quantitative estimate of drug-likeness (QED) is 0.291. The van der Waals surface area contributed by atoms with Crippen LogP contribution in [0.5, 0.6) is 0 Å². The van der Waals surface area contributed by atoms with Crippen molar-refractivity contribution in [3.63, 3.8) is 0 Å². The van der Waals surface area contributed by atoms with Crippen molar-refractivity contribution in [3.05, 3.63) is 10.4 Å². The van der Waals surface area contributed by atoms with Crippen molar-refractivity contribution in [1.82, 2.24) is 5.32 Å². The molecule has 0 aromatic heterocycles. The van der Waals surface area contributed by atoms with Crippen molar-refractivity contribution in [3.8, 4) is 0 Å². The number of carbonyl (C=O) groups excluding carboxylic acids is 1. The second-order valence-corrected chi connectivity index (χ2v) is 1.90. The van der Waals surface area contributed by atoms with Gasteiger partial charge >= 0.3 is 6.09 Å². The molecule has 0 rings (SSSR count).